The molecule has 0 radical (unpaired) electrons. The van der Waals surface area contributed by atoms with Gasteiger partial charge in [-0.2, -0.15) is 0 Å². The summed E-state index contributed by atoms with van der Waals surface area (Å²) >= 11 is 0. The predicted octanol–water partition coefficient (Wildman–Crippen LogP) is -1.73. The molecule has 0 spiro atoms. The number of hydrogen-bond donors (Lipinski definition) is 4. The van der Waals surface area contributed by atoms with Crippen molar-refractivity contribution < 1.29 is 29.4 Å². The topological polar surface area (TPSA) is 136 Å². The minimum atomic E-state index is -2.12. The smallest absolute Gasteiger partial charge is 0.337 e. The van der Waals surface area contributed by atoms with Gasteiger partial charge in [-0.05, 0) is 20.8 Å². The highest BCUT2D eigenvalue weighted by molar-refractivity contribution is 6.08. The lowest BCUT2D eigenvalue weighted by atomic mass is 10.1. The molecule has 0 saturated carbocycles. The van der Waals surface area contributed by atoms with Crippen LogP contribution in [0.4, 0.5) is 4.79 Å². The molecule has 112 valence electrons. The minimum Gasteiger partial charge on any atom is -0.479 e. The van der Waals surface area contributed by atoms with Crippen LogP contribution in [0.1, 0.15) is 20.8 Å². The Morgan fingerprint density at radius 2 is 1.95 bits per heavy atom. The third-order valence-electron chi connectivity index (χ3n) is 2.84. The Bertz CT molecular complexity index is 471. The fourth-order valence-corrected chi connectivity index (χ4v) is 1.51. The fourth-order valence-electron chi connectivity index (χ4n) is 1.51. The van der Waals surface area contributed by atoms with E-state index in [1.165, 1.54) is 13.8 Å². The molecule has 0 aliphatic carbocycles. The van der Waals surface area contributed by atoms with E-state index in [1.54, 1.807) is 0 Å². The van der Waals surface area contributed by atoms with E-state index in [0.717, 1.165) is 11.8 Å². The Morgan fingerprint density at radius 1 is 1.40 bits per heavy atom. The number of amides is 4. The number of aliphatic hydroxyl groups is 1. The molecule has 1 rings (SSSR count). The number of carboxylic acids is 1. The lowest BCUT2D eigenvalue weighted by molar-refractivity contribution is -0.156. The number of aliphatic carboxylic acids is 1. The summed E-state index contributed by atoms with van der Waals surface area (Å²) < 4.78 is 0. The van der Waals surface area contributed by atoms with Crippen LogP contribution < -0.4 is 10.6 Å². The number of nitrogens with one attached hydrogen (secondary N) is 2. The van der Waals surface area contributed by atoms with Gasteiger partial charge in [0.1, 0.15) is 12.1 Å². The van der Waals surface area contributed by atoms with E-state index in [4.69, 9.17) is 5.11 Å². The van der Waals surface area contributed by atoms with Crippen molar-refractivity contribution in [3.8, 4) is 0 Å². The van der Waals surface area contributed by atoms with E-state index < -0.39 is 48.0 Å². The SMILES string of the molecule is CC(O)(CNC(=O)CN1C(=O)NC(C)(C)C1=O)C(=O)O. The third-order valence-corrected chi connectivity index (χ3v) is 2.84. The highest BCUT2D eigenvalue weighted by atomic mass is 16.4. The van der Waals surface area contributed by atoms with E-state index in [2.05, 4.69) is 10.6 Å². The van der Waals surface area contributed by atoms with Crippen molar-refractivity contribution in [2.75, 3.05) is 13.1 Å². The van der Waals surface area contributed by atoms with Crippen LogP contribution in [0.2, 0.25) is 0 Å². The molecule has 0 aromatic heterocycles. The summed E-state index contributed by atoms with van der Waals surface area (Å²) in [5, 5.41) is 22.6. The van der Waals surface area contributed by atoms with Gasteiger partial charge in [0.25, 0.3) is 5.91 Å². The molecule has 20 heavy (non-hydrogen) atoms. The molecule has 9 heteroatoms. The number of urea groups is 1. The molecule has 1 aliphatic heterocycles. The molecule has 1 saturated heterocycles. The molecule has 0 aromatic carbocycles. The van der Waals surface area contributed by atoms with Crippen LogP contribution >= 0.6 is 0 Å². The van der Waals surface area contributed by atoms with Crippen LogP contribution in [0.25, 0.3) is 0 Å². The summed E-state index contributed by atoms with van der Waals surface area (Å²) in [5.41, 5.74) is -3.20. The molecule has 0 bridgehead atoms. The van der Waals surface area contributed by atoms with Crippen LogP contribution in [-0.4, -0.2) is 63.2 Å². The van der Waals surface area contributed by atoms with Crippen molar-refractivity contribution in [3.63, 3.8) is 0 Å². The highest BCUT2D eigenvalue weighted by Crippen LogP contribution is 2.15. The quantitative estimate of drug-likeness (QED) is 0.443. The van der Waals surface area contributed by atoms with Crippen LogP contribution in [0.3, 0.4) is 0 Å². The summed E-state index contributed by atoms with van der Waals surface area (Å²) in [6.07, 6.45) is 0. The molecule has 1 fully saturated rings. The number of rotatable bonds is 5. The maximum Gasteiger partial charge on any atom is 0.337 e. The molecule has 0 aromatic rings. The number of carboxylic acid groups (broad SMARTS) is 1. The van der Waals surface area contributed by atoms with Crippen LogP contribution in [-0.2, 0) is 14.4 Å². The van der Waals surface area contributed by atoms with Crippen LogP contribution in [0, 0.1) is 0 Å². The first-order valence-corrected chi connectivity index (χ1v) is 5.84. The molecule has 1 unspecified atom stereocenters. The highest BCUT2D eigenvalue weighted by Gasteiger charge is 2.45. The van der Waals surface area contributed by atoms with Gasteiger partial charge in [0.15, 0.2) is 5.60 Å². The number of imide groups is 1. The number of carbonyl (C=O) groups is 4. The number of hydrogen-bond acceptors (Lipinski definition) is 5. The van der Waals surface area contributed by atoms with E-state index in [-0.39, 0.29) is 0 Å². The summed E-state index contributed by atoms with van der Waals surface area (Å²) in [6, 6.07) is -0.694. The van der Waals surface area contributed by atoms with Crippen molar-refractivity contribution in [2.24, 2.45) is 0 Å². The van der Waals surface area contributed by atoms with Gasteiger partial charge in [0, 0.05) is 0 Å². The number of nitrogens with zero attached hydrogens (tertiary/aromatic N) is 1. The summed E-state index contributed by atoms with van der Waals surface area (Å²) in [6.45, 7) is 2.95. The maximum absolute atomic E-state index is 11.8. The lowest BCUT2D eigenvalue weighted by Gasteiger charge is -2.19. The molecule has 1 heterocycles. The zero-order valence-electron chi connectivity index (χ0n) is 11.4. The summed E-state index contributed by atoms with van der Waals surface area (Å²) in [7, 11) is 0. The van der Waals surface area contributed by atoms with Crippen LogP contribution in [0.5, 0.6) is 0 Å². The van der Waals surface area contributed by atoms with Gasteiger partial charge in [-0.15, -0.1) is 0 Å². The minimum absolute atomic E-state index is 0.534. The van der Waals surface area contributed by atoms with Gasteiger partial charge in [-0.25, -0.2) is 9.59 Å². The Hall–Kier alpha value is -2.16. The first kappa shape index (κ1) is 15.9. The first-order chi connectivity index (χ1) is 8.97. The van der Waals surface area contributed by atoms with Crippen LogP contribution in [0.15, 0.2) is 0 Å². The molecule has 4 N–H and O–H groups in total. The average Bonchev–Trinajstić information content (AvgIpc) is 2.49. The van der Waals surface area contributed by atoms with Crippen molar-refractivity contribution in [1.82, 2.24) is 15.5 Å². The first-order valence-electron chi connectivity index (χ1n) is 5.84. The maximum atomic E-state index is 11.8. The zero-order valence-corrected chi connectivity index (χ0v) is 11.4. The van der Waals surface area contributed by atoms with Crippen molar-refractivity contribution >= 4 is 23.8 Å². The van der Waals surface area contributed by atoms with E-state index in [9.17, 15) is 24.3 Å². The third kappa shape index (κ3) is 3.23. The largest absolute Gasteiger partial charge is 0.479 e. The monoisotopic (exact) mass is 287 g/mol. The van der Waals surface area contributed by atoms with Gasteiger partial charge in [-0.3, -0.25) is 14.5 Å². The molecule has 1 atom stereocenters. The van der Waals surface area contributed by atoms with Gasteiger partial charge in [0.05, 0.1) is 6.54 Å². The normalized spacial score (nSPS) is 20.3. The molecule has 9 nitrogen and oxygen atoms in total. The van der Waals surface area contributed by atoms with E-state index >= 15 is 0 Å². The molecular formula is C11H17N3O6. The lowest BCUT2D eigenvalue weighted by Crippen LogP contribution is -2.49. The van der Waals surface area contributed by atoms with Gasteiger partial charge in [0.2, 0.25) is 5.91 Å². The standard InChI is InChI=1S/C11H17N3O6/c1-10(2)7(16)14(9(19)13-10)4-6(15)12-5-11(3,20)8(17)18/h20H,4-5H2,1-3H3,(H,12,15)(H,13,19)(H,17,18). The molecule has 4 amide bonds. The molecular weight excluding hydrogens is 270 g/mol. The molecule has 1 aliphatic rings. The fraction of sp³-hybridized carbons (Fsp3) is 0.636. The second-order valence-electron chi connectivity index (χ2n) is 5.30. The van der Waals surface area contributed by atoms with Crippen molar-refractivity contribution in [3.05, 3.63) is 0 Å². The Kier molecular flexibility index (Phi) is 4.04. The van der Waals surface area contributed by atoms with Gasteiger partial charge < -0.3 is 20.8 Å². The van der Waals surface area contributed by atoms with Crippen molar-refractivity contribution in [2.45, 2.75) is 31.9 Å². The second-order valence-corrected chi connectivity index (χ2v) is 5.30. The Morgan fingerprint density at radius 3 is 2.35 bits per heavy atom. The Balaban J connectivity index is 2.58. The van der Waals surface area contributed by atoms with Gasteiger partial charge in [-0.1, -0.05) is 0 Å². The summed E-state index contributed by atoms with van der Waals surface area (Å²) in [4.78, 5) is 46.3. The van der Waals surface area contributed by atoms with E-state index in [1.807, 2.05) is 0 Å². The summed E-state index contributed by atoms with van der Waals surface area (Å²) in [5.74, 6) is -2.79. The van der Waals surface area contributed by atoms with Gasteiger partial charge >= 0.3 is 12.0 Å². The van der Waals surface area contributed by atoms with E-state index in [0.29, 0.717) is 0 Å². The zero-order chi connectivity index (χ0) is 15.7. The van der Waals surface area contributed by atoms with Crippen molar-refractivity contribution in [1.29, 1.82) is 0 Å². The average molecular weight is 287 g/mol. The second kappa shape index (κ2) is 5.08. The Labute approximate surface area is 114 Å². The predicted molar refractivity (Wildman–Crippen MR) is 65.6 cm³/mol. The number of carbonyl (C=O) groups excluding carboxylic acids is 3.